The number of nitrogens with one attached hydrogen (secondary N) is 1. The molecule has 1 aromatic carbocycles. The zero-order chi connectivity index (χ0) is 15.3. The quantitative estimate of drug-likeness (QED) is 0.581. The molecule has 116 valence electrons. The zero-order valence-electron chi connectivity index (χ0n) is 12.6. The van der Waals surface area contributed by atoms with E-state index in [0.717, 1.165) is 47.2 Å². The lowest BCUT2D eigenvalue weighted by Crippen LogP contribution is -2.13. The highest BCUT2D eigenvalue weighted by molar-refractivity contribution is 7.99. The summed E-state index contributed by atoms with van der Waals surface area (Å²) < 4.78 is 4.77. The lowest BCUT2D eigenvalue weighted by Gasteiger charge is -2.13. The van der Waals surface area contributed by atoms with Crippen LogP contribution < -0.4 is 5.32 Å². The zero-order valence-corrected chi connectivity index (χ0v) is 14.1. The standard InChI is InChI=1S/C16H22ClNO2S/c1-3-18-10-12-4-5-13(8-14(12)17)21-11-16(6-7-16)9-15(19)20-2/h4-5,8,18H,3,6-7,9-11H2,1-2H3. The average Bonchev–Trinajstić information content (AvgIpc) is 3.24. The number of thioether (sulfide) groups is 1. The van der Waals surface area contributed by atoms with Gasteiger partial charge >= 0.3 is 5.97 Å². The second kappa shape index (κ2) is 7.52. The van der Waals surface area contributed by atoms with E-state index in [0.29, 0.717) is 6.42 Å². The maximum atomic E-state index is 11.4. The van der Waals surface area contributed by atoms with Crippen LogP contribution >= 0.6 is 23.4 Å². The van der Waals surface area contributed by atoms with Crippen molar-refractivity contribution in [2.75, 3.05) is 19.4 Å². The first-order valence-electron chi connectivity index (χ1n) is 7.27. The highest BCUT2D eigenvalue weighted by Gasteiger charge is 2.44. The van der Waals surface area contributed by atoms with Gasteiger partial charge in [-0.2, -0.15) is 0 Å². The minimum absolute atomic E-state index is 0.105. The molecule has 0 heterocycles. The molecule has 5 heteroatoms. The Kier molecular flexibility index (Phi) is 5.97. The number of carbonyl (C=O) groups excluding carboxylic acids is 1. The monoisotopic (exact) mass is 327 g/mol. The SMILES string of the molecule is CCNCc1ccc(SCC2(CC(=O)OC)CC2)cc1Cl. The van der Waals surface area contributed by atoms with Crippen LogP contribution in [0.1, 0.15) is 31.7 Å². The summed E-state index contributed by atoms with van der Waals surface area (Å²) in [6, 6.07) is 6.21. The van der Waals surface area contributed by atoms with Gasteiger partial charge in [0.15, 0.2) is 0 Å². The predicted molar refractivity (Wildman–Crippen MR) is 87.9 cm³/mol. The summed E-state index contributed by atoms with van der Waals surface area (Å²) in [6.07, 6.45) is 2.76. The Labute approximate surface area is 135 Å². The van der Waals surface area contributed by atoms with Crippen molar-refractivity contribution in [1.29, 1.82) is 0 Å². The van der Waals surface area contributed by atoms with E-state index in [9.17, 15) is 4.79 Å². The first-order valence-corrected chi connectivity index (χ1v) is 8.64. The van der Waals surface area contributed by atoms with Gasteiger partial charge in [0.1, 0.15) is 0 Å². The van der Waals surface area contributed by atoms with Crippen LogP contribution in [0.3, 0.4) is 0 Å². The first-order chi connectivity index (χ1) is 10.1. The molecule has 1 aliphatic carbocycles. The van der Waals surface area contributed by atoms with Crippen molar-refractivity contribution in [1.82, 2.24) is 5.32 Å². The first kappa shape index (κ1) is 16.7. The second-order valence-electron chi connectivity index (χ2n) is 5.58. The average molecular weight is 328 g/mol. The van der Waals surface area contributed by atoms with Crippen molar-refractivity contribution in [2.45, 2.75) is 37.6 Å². The molecule has 2 rings (SSSR count). The molecule has 1 N–H and O–H groups in total. The molecule has 1 fully saturated rings. The van der Waals surface area contributed by atoms with Crippen molar-refractivity contribution in [3.05, 3.63) is 28.8 Å². The third kappa shape index (κ3) is 4.90. The van der Waals surface area contributed by atoms with Gasteiger partial charge in [-0.1, -0.05) is 24.6 Å². The highest BCUT2D eigenvalue weighted by Crippen LogP contribution is 2.52. The van der Waals surface area contributed by atoms with Gasteiger partial charge in [-0.15, -0.1) is 11.8 Å². The molecule has 0 spiro atoms. The van der Waals surface area contributed by atoms with E-state index in [-0.39, 0.29) is 11.4 Å². The fourth-order valence-electron chi connectivity index (χ4n) is 2.18. The number of methoxy groups -OCH3 is 1. The molecule has 0 atom stereocenters. The maximum Gasteiger partial charge on any atom is 0.306 e. The normalized spacial score (nSPS) is 15.8. The fourth-order valence-corrected chi connectivity index (χ4v) is 3.73. The lowest BCUT2D eigenvalue weighted by molar-refractivity contribution is -0.141. The van der Waals surface area contributed by atoms with Crippen LogP contribution in [0.5, 0.6) is 0 Å². The smallest absolute Gasteiger partial charge is 0.306 e. The topological polar surface area (TPSA) is 38.3 Å². The Hall–Kier alpha value is -0.710. The molecule has 0 unspecified atom stereocenters. The number of rotatable bonds is 8. The summed E-state index contributed by atoms with van der Waals surface area (Å²) in [5.41, 5.74) is 1.27. The predicted octanol–water partition coefficient (Wildman–Crippen LogP) is 3.88. The van der Waals surface area contributed by atoms with Crippen molar-refractivity contribution < 1.29 is 9.53 Å². The fraction of sp³-hybridized carbons (Fsp3) is 0.562. The van der Waals surface area contributed by atoms with Crippen molar-refractivity contribution in [3.8, 4) is 0 Å². The summed E-state index contributed by atoms with van der Waals surface area (Å²) in [5, 5.41) is 4.08. The van der Waals surface area contributed by atoms with Gasteiger partial charge in [0, 0.05) is 22.2 Å². The third-order valence-electron chi connectivity index (χ3n) is 3.84. The largest absolute Gasteiger partial charge is 0.469 e. The van der Waals surface area contributed by atoms with Crippen molar-refractivity contribution in [2.24, 2.45) is 5.41 Å². The highest BCUT2D eigenvalue weighted by atomic mass is 35.5. The van der Waals surface area contributed by atoms with Crippen LogP contribution in [0.2, 0.25) is 5.02 Å². The van der Waals surface area contributed by atoms with Crippen LogP contribution in [-0.2, 0) is 16.1 Å². The van der Waals surface area contributed by atoms with Gasteiger partial charge in [0.25, 0.3) is 0 Å². The molecule has 21 heavy (non-hydrogen) atoms. The summed E-state index contributed by atoms with van der Waals surface area (Å²) in [4.78, 5) is 12.6. The van der Waals surface area contributed by atoms with Gasteiger partial charge < -0.3 is 10.1 Å². The molecule has 1 aliphatic rings. The summed E-state index contributed by atoms with van der Waals surface area (Å²) in [7, 11) is 1.45. The van der Waals surface area contributed by atoms with Gasteiger partial charge in [-0.05, 0) is 42.5 Å². The van der Waals surface area contributed by atoms with Crippen LogP contribution in [0.15, 0.2) is 23.1 Å². The van der Waals surface area contributed by atoms with Gasteiger partial charge in [-0.25, -0.2) is 0 Å². The van der Waals surface area contributed by atoms with Crippen LogP contribution in [-0.4, -0.2) is 25.4 Å². The van der Waals surface area contributed by atoms with E-state index in [2.05, 4.69) is 24.4 Å². The summed E-state index contributed by atoms with van der Waals surface area (Å²) >= 11 is 8.09. The summed E-state index contributed by atoms with van der Waals surface area (Å²) in [6.45, 7) is 3.81. The number of carbonyl (C=O) groups is 1. The van der Waals surface area contributed by atoms with Gasteiger partial charge in [0.05, 0.1) is 13.5 Å². The third-order valence-corrected chi connectivity index (χ3v) is 5.53. The Balaban J connectivity index is 1.89. The van der Waals surface area contributed by atoms with Crippen LogP contribution in [0, 0.1) is 5.41 Å². The Morgan fingerprint density at radius 1 is 1.48 bits per heavy atom. The second-order valence-corrected chi connectivity index (χ2v) is 7.03. The molecule has 0 amide bonds. The molecule has 3 nitrogen and oxygen atoms in total. The molecule has 0 bridgehead atoms. The molecule has 0 aliphatic heterocycles. The molecular formula is C16H22ClNO2S. The van der Waals surface area contributed by atoms with E-state index < -0.39 is 0 Å². The van der Waals surface area contributed by atoms with Crippen molar-refractivity contribution in [3.63, 3.8) is 0 Å². The number of benzene rings is 1. The number of hydrogen-bond donors (Lipinski definition) is 1. The molecular weight excluding hydrogens is 306 g/mol. The molecule has 0 saturated heterocycles. The van der Waals surface area contributed by atoms with E-state index in [1.165, 1.54) is 7.11 Å². The van der Waals surface area contributed by atoms with Crippen LogP contribution in [0.25, 0.3) is 0 Å². The molecule has 1 aromatic rings. The van der Waals surface area contributed by atoms with E-state index in [1.807, 2.05) is 6.07 Å². The maximum absolute atomic E-state index is 11.4. The van der Waals surface area contributed by atoms with Crippen LogP contribution in [0.4, 0.5) is 0 Å². The van der Waals surface area contributed by atoms with E-state index in [1.54, 1.807) is 11.8 Å². The molecule has 1 saturated carbocycles. The van der Waals surface area contributed by atoms with Crippen molar-refractivity contribution >= 4 is 29.3 Å². The minimum atomic E-state index is -0.105. The van der Waals surface area contributed by atoms with E-state index >= 15 is 0 Å². The number of esters is 1. The number of ether oxygens (including phenoxy) is 1. The molecule has 0 radical (unpaired) electrons. The minimum Gasteiger partial charge on any atom is -0.469 e. The van der Waals surface area contributed by atoms with Gasteiger partial charge in [0.2, 0.25) is 0 Å². The lowest BCUT2D eigenvalue weighted by atomic mass is 10.1. The molecule has 0 aromatic heterocycles. The van der Waals surface area contributed by atoms with Gasteiger partial charge in [-0.3, -0.25) is 4.79 Å². The number of halogens is 1. The Bertz CT molecular complexity index is 503. The Morgan fingerprint density at radius 3 is 2.81 bits per heavy atom. The Morgan fingerprint density at radius 2 is 2.24 bits per heavy atom. The summed E-state index contributed by atoms with van der Waals surface area (Å²) in [5.74, 6) is 0.845. The van der Waals surface area contributed by atoms with E-state index in [4.69, 9.17) is 16.3 Å². The number of hydrogen-bond acceptors (Lipinski definition) is 4.